The van der Waals surface area contributed by atoms with Gasteiger partial charge in [0.1, 0.15) is 18.1 Å². The van der Waals surface area contributed by atoms with E-state index in [9.17, 15) is 28.8 Å². The molecule has 0 aromatic carbocycles. The Labute approximate surface area is 194 Å². The van der Waals surface area contributed by atoms with E-state index in [2.05, 4.69) is 16.0 Å². The van der Waals surface area contributed by atoms with Crippen molar-refractivity contribution in [1.29, 1.82) is 0 Å². The quantitative estimate of drug-likeness (QED) is 0.138. The number of carboxylic acids is 3. The fourth-order valence-electron chi connectivity index (χ4n) is 3.14. The summed E-state index contributed by atoms with van der Waals surface area (Å²) in [5.74, 6) is -5.92. The average molecular weight is 491 g/mol. The van der Waals surface area contributed by atoms with Crippen LogP contribution in [0.1, 0.15) is 38.5 Å². The Morgan fingerprint density at radius 2 is 1.52 bits per heavy atom. The third kappa shape index (κ3) is 10.5. The maximum Gasteiger partial charge on any atom is 0.326 e. The number of nitrogens with one attached hydrogen (secondary N) is 4. The molecular weight excluding hydrogens is 460 g/mol. The van der Waals surface area contributed by atoms with Gasteiger partial charge in [0.05, 0.1) is 12.5 Å². The molecule has 186 valence electrons. The first-order valence-electron chi connectivity index (χ1n) is 10.3. The smallest absolute Gasteiger partial charge is 0.326 e. The minimum Gasteiger partial charge on any atom is -0.481 e. The monoisotopic (exact) mass is 490 g/mol. The van der Waals surface area contributed by atoms with Crippen LogP contribution in [0.4, 0.5) is 0 Å². The zero-order valence-corrected chi connectivity index (χ0v) is 19.0. The number of carbonyl (C=O) groups is 6. The Hall–Kier alpha value is -2.87. The van der Waals surface area contributed by atoms with Crippen LogP contribution in [0.25, 0.3) is 0 Å². The fourth-order valence-corrected chi connectivity index (χ4v) is 3.61. The van der Waals surface area contributed by atoms with E-state index < -0.39 is 66.7 Å². The summed E-state index contributed by atoms with van der Waals surface area (Å²) < 4.78 is 0. The van der Waals surface area contributed by atoms with Gasteiger partial charge in [0, 0.05) is 6.42 Å². The first kappa shape index (κ1) is 28.2. The molecule has 0 aromatic heterocycles. The van der Waals surface area contributed by atoms with E-state index in [1.54, 1.807) is 0 Å². The molecule has 4 atom stereocenters. The van der Waals surface area contributed by atoms with Gasteiger partial charge in [0.2, 0.25) is 17.7 Å². The molecule has 7 N–H and O–H groups in total. The molecule has 14 heteroatoms. The summed E-state index contributed by atoms with van der Waals surface area (Å²) in [6, 6.07) is -4.64. The average Bonchev–Trinajstić information content (AvgIpc) is 3.27. The Kier molecular flexibility index (Phi) is 12.2. The predicted octanol–water partition coefficient (Wildman–Crippen LogP) is -1.63. The molecule has 3 amide bonds. The third-order valence-corrected chi connectivity index (χ3v) is 5.54. The van der Waals surface area contributed by atoms with Crippen molar-refractivity contribution in [2.75, 3.05) is 18.6 Å². The van der Waals surface area contributed by atoms with Gasteiger partial charge in [0.15, 0.2) is 0 Å². The number of carboxylic acid groups (broad SMARTS) is 3. The van der Waals surface area contributed by atoms with E-state index in [4.69, 9.17) is 15.3 Å². The molecular formula is C19H30N4O9S. The number of amides is 3. The molecule has 0 radical (unpaired) electrons. The molecule has 1 aliphatic rings. The number of hydrogen-bond donors (Lipinski definition) is 7. The van der Waals surface area contributed by atoms with E-state index in [1.807, 2.05) is 11.6 Å². The van der Waals surface area contributed by atoms with Crippen LogP contribution < -0.4 is 21.3 Å². The predicted molar refractivity (Wildman–Crippen MR) is 117 cm³/mol. The second kappa shape index (κ2) is 14.3. The second-order valence-corrected chi connectivity index (χ2v) is 8.47. The zero-order chi connectivity index (χ0) is 25.0. The molecule has 4 unspecified atom stereocenters. The summed E-state index contributed by atoms with van der Waals surface area (Å²) in [5.41, 5.74) is 0. The van der Waals surface area contributed by atoms with Crippen molar-refractivity contribution in [3.63, 3.8) is 0 Å². The molecule has 0 aromatic rings. The second-order valence-electron chi connectivity index (χ2n) is 7.48. The van der Waals surface area contributed by atoms with Crippen LogP contribution in [-0.2, 0) is 28.8 Å². The Balaban J connectivity index is 2.93. The standard InChI is InChI=1S/C19H30N4O9S/c1-33-8-6-12(22-16(28)10-3-2-7-20-10)18(30)21-11(4-5-14(24)25)17(29)23-13(19(31)32)9-15(26)27/h10-13,20H,2-9H2,1H3,(H,21,30)(H,22,28)(H,23,29)(H,24,25)(H,26,27)(H,31,32). The van der Waals surface area contributed by atoms with Crippen molar-refractivity contribution < 1.29 is 44.1 Å². The van der Waals surface area contributed by atoms with Gasteiger partial charge in [0.25, 0.3) is 0 Å². The molecule has 13 nitrogen and oxygen atoms in total. The van der Waals surface area contributed by atoms with Gasteiger partial charge in [-0.15, -0.1) is 0 Å². The number of aliphatic carboxylic acids is 3. The zero-order valence-electron chi connectivity index (χ0n) is 18.2. The maximum atomic E-state index is 12.9. The lowest BCUT2D eigenvalue weighted by Crippen LogP contribution is -2.57. The summed E-state index contributed by atoms with van der Waals surface area (Å²) >= 11 is 1.44. The van der Waals surface area contributed by atoms with Crippen LogP contribution in [0.3, 0.4) is 0 Å². The lowest BCUT2D eigenvalue weighted by Gasteiger charge is -2.24. The van der Waals surface area contributed by atoms with Gasteiger partial charge in [-0.25, -0.2) is 4.79 Å². The third-order valence-electron chi connectivity index (χ3n) is 4.89. The van der Waals surface area contributed by atoms with E-state index in [1.165, 1.54) is 11.8 Å². The molecule has 0 saturated carbocycles. The van der Waals surface area contributed by atoms with Gasteiger partial charge >= 0.3 is 17.9 Å². The van der Waals surface area contributed by atoms with Crippen LogP contribution in [0.15, 0.2) is 0 Å². The van der Waals surface area contributed by atoms with Crippen LogP contribution in [0.5, 0.6) is 0 Å². The molecule has 1 aliphatic heterocycles. The fraction of sp³-hybridized carbons (Fsp3) is 0.684. The van der Waals surface area contributed by atoms with Crippen molar-refractivity contribution in [3.05, 3.63) is 0 Å². The molecule has 1 heterocycles. The van der Waals surface area contributed by atoms with E-state index >= 15 is 0 Å². The number of carbonyl (C=O) groups excluding carboxylic acids is 3. The molecule has 33 heavy (non-hydrogen) atoms. The summed E-state index contributed by atoms with van der Waals surface area (Å²) in [7, 11) is 0. The Morgan fingerprint density at radius 1 is 0.909 bits per heavy atom. The summed E-state index contributed by atoms with van der Waals surface area (Å²) in [6.07, 6.45) is 1.72. The minimum atomic E-state index is -1.76. The summed E-state index contributed by atoms with van der Waals surface area (Å²) in [5, 5.41) is 36.9. The van der Waals surface area contributed by atoms with Gasteiger partial charge < -0.3 is 36.6 Å². The minimum absolute atomic E-state index is 0.246. The van der Waals surface area contributed by atoms with Crippen LogP contribution in [0, 0.1) is 0 Å². The SMILES string of the molecule is CSCCC(NC(=O)C1CCCN1)C(=O)NC(CCC(=O)O)C(=O)NC(CC(=O)O)C(=O)O. The normalized spacial score (nSPS) is 17.9. The van der Waals surface area contributed by atoms with E-state index in [0.717, 1.165) is 6.42 Å². The van der Waals surface area contributed by atoms with Gasteiger partial charge in [-0.05, 0) is 44.2 Å². The molecule has 1 saturated heterocycles. The van der Waals surface area contributed by atoms with E-state index in [0.29, 0.717) is 18.7 Å². The van der Waals surface area contributed by atoms with Crippen molar-refractivity contribution in [1.82, 2.24) is 21.3 Å². The van der Waals surface area contributed by atoms with Crippen LogP contribution >= 0.6 is 11.8 Å². The Bertz CT molecular complexity index is 743. The maximum absolute atomic E-state index is 12.9. The van der Waals surface area contributed by atoms with E-state index in [-0.39, 0.29) is 18.7 Å². The van der Waals surface area contributed by atoms with Crippen molar-refractivity contribution >= 4 is 47.4 Å². The number of rotatable bonds is 15. The summed E-state index contributed by atoms with van der Waals surface area (Å²) in [6.45, 7) is 0.679. The molecule has 0 aliphatic carbocycles. The van der Waals surface area contributed by atoms with Crippen molar-refractivity contribution in [2.45, 2.75) is 62.7 Å². The van der Waals surface area contributed by atoms with Crippen molar-refractivity contribution in [3.8, 4) is 0 Å². The highest BCUT2D eigenvalue weighted by Crippen LogP contribution is 2.08. The number of thioether (sulfide) groups is 1. The van der Waals surface area contributed by atoms with Gasteiger partial charge in [-0.2, -0.15) is 11.8 Å². The largest absolute Gasteiger partial charge is 0.481 e. The lowest BCUT2D eigenvalue weighted by molar-refractivity contribution is -0.147. The number of hydrogen-bond acceptors (Lipinski definition) is 8. The van der Waals surface area contributed by atoms with Crippen LogP contribution in [0.2, 0.25) is 0 Å². The molecule has 1 fully saturated rings. The topological polar surface area (TPSA) is 211 Å². The lowest BCUT2D eigenvalue weighted by atomic mass is 10.1. The Morgan fingerprint density at radius 3 is 2.00 bits per heavy atom. The highest BCUT2D eigenvalue weighted by Gasteiger charge is 2.32. The molecule has 0 spiro atoms. The first-order chi connectivity index (χ1) is 15.5. The highest BCUT2D eigenvalue weighted by atomic mass is 32.2. The molecule has 1 rings (SSSR count). The van der Waals surface area contributed by atoms with Crippen LogP contribution in [-0.4, -0.2) is 93.7 Å². The highest BCUT2D eigenvalue weighted by molar-refractivity contribution is 7.98. The molecule has 0 bridgehead atoms. The van der Waals surface area contributed by atoms with Gasteiger partial charge in [-0.1, -0.05) is 0 Å². The first-order valence-corrected chi connectivity index (χ1v) is 11.7. The van der Waals surface area contributed by atoms with Gasteiger partial charge in [-0.3, -0.25) is 24.0 Å². The van der Waals surface area contributed by atoms with Crippen molar-refractivity contribution in [2.24, 2.45) is 0 Å². The summed E-state index contributed by atoms with van der Waals surface area (Å²) in [4.78, 5) is 70.9.